The van der Waals surface area contributed by atoms with E-state index in [0.29, 0.717) is 5.82 Å². The average molecular weight is 431 g/mol. The van der Waals surface area contributed by atoms with Crippen LogP contribution in [-0.4, -0.2) is 45.5 Å². The standard InChI is InChI=1S/C22H22N8S/c1-16-23-21-18-12-6-7-13-19(18)24-22(30(21)26-16)31-15-9-3-8-14-29-27-20(25-28-29)17-10-4-2-5-11-17/h2,4-7,10-13H,3,8-9,14-15H2,1H3. The number of aromatic nitrogens is 8. The van der Waals surface area contributed by atoms with Gasteiger partial charge in [0.1, 0.15) is 5.82 Å². The zero-order chi connectivity index (χ0) is 21.0. The minimum Gasteiger partial charge on any atom is -0.222 e. The Morgan fingerprint density at radius 1 is 0.871 bits per heavy atom. The molecular formula is C22H22N8S. The summed E-state index contributed by atoms with van der Waals surface area (Å²) < 4.78 is 1.87. The van der Waals surface area contributed by atoms with Gasteiger partial charge in [0.2, 0.25) is 5.82 Å². The Morgan fingerprint density at radius 3 is 2.61 bits per heavy atom. The Morgan fingerprint density at radius 2 is 1.71 bits per heavy atom. The van der Waals surface area contributed by atoms with Crippen LogP contribution in [0.2, 0.25) is 0 Å². The lowest BCUT2D eigenvalue weighted by molar-refractivity contribution is 0.487. The number of para-hydroxylation sites is 1. The van der Waals surface area contributed by atoms with Gasteiger partial charge in [-0.25, -0.2) is 9.97 Å². The van der Waals surface area contributed by atoms with Gasteiger partial charge < -0.3 is 0 Å². The first kappa shape index (κ1) is 19.6. The molecule has 3 aromatic heterocycles. The summed E-state index contributed by atoms with van der Waals surface area (Å²) in [5, 5.41) is 19.2. The molecule has 0 bridgehead atoms. The SMILES string of the molecule is Cc1nc2c3ccccc3nc(SCCCCCn3nnc(-c4ccccc4)n3)n2n1. The van der Waals surface area contributed by atoms with Crippen molar-refractivity contribution in [1.29, 1.82) is 0 Å². The topological polar surface area (TPSA) is 86.7 Å². The summed E-state index contributed by atoms with van der Waals surface area (Å²) >= 11 is 1.72. The number of hydrogen-bond acceptors (Lipinski definition) is 7. The maximum Gasteiger partial charge on any atom is 0.204 e. The first-order valence-corrected chi connectivity index (χ1v) is 11.3. The second-order valence-electron chi connectivity index (χ2n) is 7.29. The maximum atomic E-state index is 4.80. The second-order valence-corrected chi connectivity index (χ2v) is 8.35. The lowest BCUT2D eigenvalue weighted by Gasteiger charge is -2.06. The highest BCUT2D eigenvalue weighted by Crippen LogP contribution is 2.24. The lowest BCUT2D eigenvalue weighted by atomic mass is 10.2. The summed E-state index contributed by atoms with van der Waals surface area (Å²) in [5.41, 5.74) is 2.82. The quantitative estimate of drug-likeness (QED) is 0.207. The number of rotatable bonds is 8. The number of aryl methyl sites for hydroxylation is 2. The largest absolute Gasteiger partial charge is 0.222 e. The summed E-state index contributed by atoms with van der Waals surface area (Å²) in [5.74, 6) is 2.40. The third-order valence-corrected chi connectivity index (χ3v) is 5.99. The molecule has 156 valence electrons. The van der Waals surface area contributed by atoms with Crippen molar-refractivity contribution in [3.63, 3.8) is 0 Å². The molecule has 31 heavy (non-hydrogen) atoms. The molecule has 0 fully saturated rings. The van der Waals surface area contributed by atoms with Crippen LogP contribution in [0.5, 0.6) is 0 Å². The van der Waals surface area contributed by atoms with Crippen LogP contribution in [0, 0.1) is 6.92 Å². The van der Waals surface area contributed by atoms with Crippen molar-refractivity contribution in [3.8, 4) is 11.4 Å². The second kappa shape index (κ2) is 8.81. The first-order valence-electron chi connectivity index (χ1n) is 10.4. The van der Waals surface area contributed by atoms with E-state index in [9.17, 15) is 0 Å². The zero-order valence-corrected chi connectivity index (χ0v) is 18.0. The van der Waals surface area contributed by atoms with Gasteiger partial charge in [0, 0.05) is 16.7 Å². The Bertz CT molecular complexity index is 1310. The molecule has 0 atom stereocenters. The van der Waals surface area contributed by atoms with Crippen LogP contribution in [-0.2, 0) is 6.54 Å². The number of benzene rings is 2. The molecule has 3 heterocycles. The molecule has 0 saturated carbocycles. The van der Waals surface area contributed by atoms with Crippen molar-refractivity contribution < 1.29 is 0 Å². The molecule has 2 aromatic carbocycles. The molecule has 0 N–H and O–H groups in total. The number of thioether (sulfide) groups is 1. The highest BCUT2D eigenvalue weighted by atomic mass is 32.2. The first-order chi connectivity index (χ1) is 15.3. The highest BCUT2D eigenvalue weighted by molar-refractivity contribution is 7.99. The van der Waals surface area contributed by atoms with Crippen molar-refractivity contribution in [2.75, 3.05) is 5.75 Å². The molecule has 0 aliphatic heterocycles. The van der Waals surface area contributed by atoms with Crippen molar-refractivity contribution in [2.45, 2.75) is 37.9 Å². The van der Waals surface area contributed by atoms with Crippen molar-refractivity contribution in [1.82, 2.24) is 39.8 Å². The summed E-state index contributed by atoms with van der Waals surface area (Å²) in [6, 6.07) is 18.0. The Hall–Kier alpha value is -3.33. The molecule has 5 aromatic rings. The highest BCUT2D eigenvalue weighted by Gasteiger charge is 2.12. The van der Waals surface area contributed by atoms with E-state index in [1.165, 1.54) is 0 Å². The van der Waals surface area contributed by atoms with Crippen LogP contribution in [0.15, 0.2) is 59.8 Å². The van der Waals surface area contributed by atoms with Crippen molar-refractivity contribution in [3.05, 3.63) is 60.4 Å². The molecule has 9 heteroatoms. The van der Waals surface area contributed by atoms with Gasteiger partial charge in [-0.1, -0.05) is 60.6 Å². The van der Waals surface area contributed by atoms with Crippen molar-refractivity contribution >= 4 is 28.3 Å². The van der Waals surface area contributed by atoms with E-state index in [2.05, 4.69) is 25.5 Å². The van der Waals surface area contributed by atoms with Crippen LogP contribution < -0.4 is 0 Å². The van der Waals surface area contributed by atoms with E-state index in [0.717, 1.165) is 64.7 Å². The fourth-order valence-corrected chi connectivity index (χ4v) is 4.41. The Balaban J connectivity index is 1.15. The molecule has 0 aliphatic rings. The summed E-state index contributed by atoms with van der Waals surface area (Å²) in [6.45, 7) is 2.68. The van der Waals surface area contributed by atoms with Gasteiger partial charge in [0.15, 0.2) is 10.8 Å². The monoisotopic (exact) mass is 430 g/mol. The molecule has 0 aliphatic carbocycles. The normalized spacial score (nSPS) is 11.5. The molecule has 0 radical (unpaired) electrons. The number of hydrogen-bond donors (Lipinski definition) is 0. The Kier molecular flexibility index (Phi) is 5.57. The number of tetrazole rings is 1. The van der Waals surface area contributed by atoms with Crippen LogP contribution >= 0.6 is 11.8 Å². The van der Waals surface area contributed by atoms with E-state index in [1.807, 2.05) is 66.0 Å². The van der Waals surface area contributed by atoms with Gasteiger partial charge in [-0.05, 0) is 37.1 Å². The van der Waals surface area contributed by atoms with Gasteiger partial charge in [0.25, 0.3) is 0 Å². The predicted octanol–water partition coefficient (Wildman–Crippen LogP) is 4.20. The summed E-state index contributed by atoms with van der Waals surface area (Å²) in [6.07, 6.45) is 3.17. The fourth-order valence-electron chi connectivity index (χ4n) is 3.46. The third kappa shape index (κ3) is 4.27. The van der Waals surface area contributed by atoms with Gasteiger partial charge in [-0.3, -0.25) is 0 Å². The Labute approximate surface area is 183 Å². The lowest BCUT2D eigenvalue weighted by Crippen LogP contribution is -2.03. The van der Waals surface area contributed by atoms with Crippen molar-refractivity contribution in [2.24, 2.45) is 0 Å². The van der Waals surface area contributed by atoms with Crippen LogP contribution in [0.25, 0.3) is 27.9 Å². The number of unbranched alkanes of at least 4 members (excludes halogenated alkanes) is 2. The minimum atomic E-state index is 0.672. The molecule has 5 rings (SSSR count). The summed E-state index contributed by atoms with van der Waals surface area (Å²) in [4.78, 5) is 11.1. The molecule has 0 amide bonds. The third-order valence-electron chi connectivity index (χ3n) is 4.97. The molecule has 0 saturated heterocycles. The van der Waals surface area contributed by atoms with Crippen LogP contribution in [0.4, 0.5) is 0 Å². The number of fused-ring (bicyclic) bond motifs is 3. The smallest absolute Gasteiger partial charge is 0.204 e. The predicted molar refractivity (Wildman–Crippen MR) is 121 cm³/mol. The summed E-state index contributed by atoms with van der Waals surface area (Å²) in [7, 11) is 0. The van der Waals surface area contributed by atoms with Gasteiger partial charge in [-0.15, -0.1) is 15.3 Å². The average Bonchev–Trinajstić information content (AvgIpc) is 3.43. The number of nitrogens with zero attached hydrogens (tertiary/aromatic N) is 8. The van der Waals surface area contributed by atoms with E-state index in [1.54, 1.807) is 16.6 Å². The zero-order valence-electron chi connectivity index (χ0n) is 17.2. The van der Waals surface area contributed by atoms with Gasteiger partial charge in [0.05, 0.1) is 12.1 Å². The van der Waals surface area contributed by atoms with Gasteiger partial charge >= 0.3 is 0 Å². The van der Waals surface area contributed by atoms with Gasteiger partial charge in [-0.2, -0.15) is 9.31 Å². The van der Waals surface area contributed by atoms with E-state index < -0.39 is 0 Å². The van der Waals surface area contributed by atoms with Crippen LogP contribution in [0.3, 0.4) is 0 Å². The van der Waals surface area contributed by atoms with E-state index >= 15 is 0 Å². The fraction of sp³-hybridized carbons (Fsp3) is 0.273. The van der Waals surface area contributed by atoms with E-state index in [4.69, 9.17) is 4.98 Å². The molecular weight excluding hydrogens is 408 g/mol. The maximum absolute atomic E-state index is 4.80. The van der Waals surface area contributed by atoms with Crippen LogP contribution in [0.1, 0.15) is 25.1 Å². The van der Waals surface area contributed by atoms with E-state index in [-0.39, 0.29) is 0 Å². The minimum absolute atomic E-state index is 0.672. The molecule has 8 nitrogen and oxygen atoms in total. The molecule has 0 spiro atoms. The molecule has 0 unspecified atom stereocenters.